The van der Waals surface area contributed by atoms with Gasteiger partial charge in [0, 0.05) is 0 Å². The summed E-state index contributed by atoms with van der Waals surface area (Å²) in [6, 6.07) is 0. The summed E-state index contributed by atoms with van der Waals surface area (Å²) >= 11 is 0. The molecule has 0 aromatic carbocycles. The van der Waals surface area contributed by atoms with Gasteiger partial charge >= 0.3 is 0 Å². The number of rotatable bonds is 1. The van der Waals surface area contributed by atoms with Crippen molar-refractivity contribution in [2.45, 2.75) is 50.7 Å². The van der Waals surface area contributed by atoms with Crippen molar-refractivity contribution in [1.29, 1.82) is 0 Å². The molecule has 14 heavy (non-hydrogen) atoms. The van der Waals surface area contributed by atoms with Gasteiger partial charge in [-0.25, -0.2) is 8.42 Å². The second kappa shape index (κ2) is 3.81. The van der Waals surface area contributed by atoms with Crippen LogP contribution in [0, 0.1) is 5.92 Å². The van der Waals surface area contributed by atoms with Gasteiger partial charge in [-0.1, -0.05) is 6.92 Å². The highest BCUT2D eigenvalue weighted by atomic mass is 32.2. The molecule has 1 rings (SSSR count). The number of hydrogen-bond donors (Lipinski definition) is 1. The van der Waals surface area contributed by atoms with E-state index in [0.717, 1.165) is 19.4 Å². The Labute approximate surface area is 87.2 Å². The monoisotopic (exact) mass is 219 g/mol. The highest BCUT2D eigenvalue weighted by molar-refractivity contribution is 7.93. The van der Waals surface area contributed by atoms with Crippen LogP contribution < -0.4 is 5.32 Å². The predicted octanol–water partition coefficient (Wildman–Crippen LogP) is 1.55. The zero-order valence-corrected chi connectivity index (χ0v) is 10.3. The second-order valence-corrected chi connectivity index (χ2v) is 8.12. The molecule has 2 unspecified atom stereocenters. The summed E-state index contributed by atoms with van der Waals surface area (Å²) in [5.74, 6) is 0.599. The van der Waals surface area contributed by atoms with E-state index in [1.165, 1.54) is 0 Å². The van der Waals surface area contributed by atoms with E-state index in [4.69, 9.17) is 0 Å². The molecule has 84 valence electrons. The first-order valence-electron chi connectivity index (χ1n) is 5.22. The van der Waals surface area contributed by atoms with Gasteiger partial charge in [0.25, 0.3) is 0 Å². The van der Waals surface area contributed by atoms with Crippen LogP contribution in [0.15, 0.2) is 0 Å². The highest BCUT2D eigenvalue weighted by Crippen LogP contribution is 2.25. The van der Waals surface area contributed by atoms with Crippen molar-refractivity contribution >= 4 is 9.84 Å². The lowest BCUT2D eigenvalue weighted by atomic mass is 10.0. The fourth-order valence-electron chi connectivity index (χ4n) is 1.66. The molecule has 4 heteroatoms. The van der Waals surface area contributed by atoms with Gasteiger partial charge in [0.1, 0.15) is 5.37 Å². The predicted molar refractivity (Wildman–Crippen MR) is 58.9 cm³/mol. The van der Waals surface area contributed by atoms with Crippen LogP contribution in [-0.4, -0.2) is 25.1 Å². The smallest absolute Gasteiger partial charge is 0.170 e. The molecule has 2 atom stereocenters. The molecule has 1 N–H and O–H groups in total. The molecule has 1 saturated heterocycles. The summed E-state index contributed by atoms with van der Waals surface area (Å²) in [5, 5.41) is 2.79. The van der Waals surface area contributed by atoms with E-state index in [1.807, 2.05) is 0 Å². The quantitative estimate of drug-likeness (QED) is 0.728. The summed E-state index contributed by atoms with van der Waals surface area (Å²) in [4.78, 5) is 0. The maximum absolute atomic E-state index is 12.1. The number of nitrogens with one attached hydrogen (secondary N) is 1. The summed E-state index contributed by atoms with van der Waals surface area (Å²) in [7, 11) is -3.03. The minimum absolute atomic E-state index is 0.335. The fourth-order valence-corrected chi connectivity index (χ4v) is 3.28. The first-order valence-corrected chi connectivity index (χ1v) is 6.76. The molecular formula is C10H21NO2S. The van der Waals surface area contributed by atoms with Crippen LogP contribution in [0.25, 0.3) is 0 Å². The molecular weight excluding hydrogens is 198 g/mol. The molecule has 3 nitrogen and oxygen atoms in total. The van der Waals surface area contributed by atoms with E-state index < -0.39 is 14.6 Å². The van der Waals surface area contributed by atoms with Gasteiger partial charge in [-0.2, -0.15) is 0 Å². The zero-order chi connectivity index (χ0) is 11.0. The van der Waals surface area contributed by atoms with Crippen LogP contribution in [0.1, 0.15) is 40.5 Å². The third kappa shape index (κ3) is 2.28. The fraction of sp³-hybridized carbons (Fsp3) is 1.00. The molecule has 0 amide bonds. The minimum Gasteiger partial charge on any atom is -0.301 e. The van der Waals surface area contributed by atoms with Crippen LogP contribution in [0.2, 0.25) is 0 Å². The van der Waals surface area contributed by atoms with Crippen LogP contribution >= 0.6 is 0 Å². The van der Waals surface area contributed by atoms with Crippen LogP contribution in [0.3, 0.4) is 0 Å². The third-order valence-electron chi connectivity index (χ3n) is 2.84. The van der Waals surface area contributed by atoms with Gasteiger partial charge < -0.3 is 5.32 Å². The lowest BCUT2D eigenvalue weighted by Crippen LogP contribution is -2.49. The van der Waals surface area contributed by atoms with Gasteiger partial charge in [-0.3, -0.25) is 0 Å². The normalized spacial score (nSPS) is 30.3. The van der Waals surface area contributed by atoms with Gasteiger partial charge in [0.2, 0.25) is 0 Å². The first kappa shape index (κ1) is 12.0. The van der Waals surface area contributed by atoms with Crippen molar-refractivity contribution in [2.24, 2.45) is 5.92 Å². The Hall–Kier alpha value is -0.0900. The Morgan fingerprint density at radius 2 is 1.79 bits per heavy atom. The maximum atomic E-state index is 12.1. The molecule has 0 aliphatic carbocycles. The Morgan fingerprint density at radius 1 is 1.21 bits per heavy atom. The molecule has 1 aliphatic heterocycles. The lowest BCUT2D eigenvalue weighted by Gasteiger charge is -2.32. The second-order valence-electron chi connectivity index (χ2n) is 5.24. The summed E-state index contributed by atoms with van der Waals surface area (Å²) in [5.41, 5.74) is 0. The van der Waals surface area contributed by atoms with Crippen LogP contribution in [-0.2, 0) is 9.84 Å². The molecule has 1 aliphatic rings. The average Bonchev–Trinajstić information content (AvgIpc) is 2.03. The molecule has 0 aromatic rings. The Balaban J connectivity index is 2.76. The average molecular weight is 219 g/mol. The molecule has 0 bridgehead atoms. The zero-order valence-electron chi connectivity index (χ0n) is 9.50. The van der Waals surface area contributed by atoms with E-state index in [0.29, 0.717) is 5.92 Å². The topological polar surface area (TPSA) is 46.2 Å². The van der Waals surface area contributed by atoms with Gasteiger partial charge in [-0.15, -0.1) is 0 Å². The van der Waals surface area contributed by atoms with Crippen molar-refractivity contribution in [3.63, 3.8) is 0 Å². The lowest BCUT2D eigenvalue weighted by molar-refractivity contribution is 0.369. The Morgan fingerprint density at radius 3 is 2.14 bits per heavy atom. The van der Waals surface area contributed by atoms with Crippen molar-refractivity contribution in [3.05, 3.63) is 0 Å². The first-order chi connectivity index (χ1) is 6.25. The SMILES string of the molecule is CC1CCC(S(=O)(=O)C(C)(C)C)NC1. The third-order valence-corrected chi connectivity index (χ3v) is 5.70. The summed E-state index contributed by atoms with van der Waals surface area (Å²) in [6.45, 7) is 8.26. The maximum Gasteiger partial charge on any atom is 0.170 e. The van der Waals surface area contributed by atoms with E-state index in [9.17, 15) is 8.42 Å². The van der Waals surface area contributed by atoms with E-state index in [-0.39, 0.29) is 5.37 Å². The van der Waals surface area contributed by atoms with Crippen molar-refractivity contribution < 1.29 is 8.42 Å². The largest absolute Gasteiger partial charge is 0.301 e. The van der Waals surface area contributed by atoms with E-state index >= 15 is 0 Å². The van der Waals surface area contributed by atoms with Crippen LogP contribution in [0.4, 0.5) is 0 Å². The highest BCUT2D eigenvalue weighted by Gasteiger charge is 2.38. The summed E-state index contributed by atoms with van der Waals surface area (Å²) < 4.78 is 23.5. The molecule has 1 fully saturated rings. The van der Waals surface area contributed by atoms with Crippen LogP contribution in [0.5, 0.6) is 0 Å². The number of piperidine rings is 1. The Bertz CT molecular complexity index is 282. The Kier molecular flexibility index (Phi) is 3.26. The number of sulfone groups is 1. The molecule has 1 heterocycles. The minimum atomic E-state index is -3.03. The van der Waals surface area contributed by atoms with Crippen molar-refractivity contribution in [1.82, 2.24) is 5.32 Å². The standard InChI is InChI=1S/C10H21NO2S/c1-8-5-6-9(11-7-8)14(12,13)10(2,3)4/h8-9,11H,5-7H2,1-4H3. The van der Waals surface area contributed by atoms with E-state index in [1.54, 1.807) is 20.8 Å². The van der Waals surface area contributed by atoms with Gasteiger partial charge in [-0.05, 0) is 46.1 Å². The van der Waals surface area contributed by atoms with Gasteiger partial charge in [0.15, 0.2) is 9.84 Å². The van der Waals surface area contributed by atoms with Crippen molar-refractivity contribution in [3.8, 4) is 0 Å². The number of hydrogen-bond acceptors (Lipinski definition) is 3. The van der Waals surface area contributed by atoms with Gasteiger partial charge in [0.05, 0.1) is 4.75 Å². The summed E-state index contributed by atoms with van der Waals surface area (Å²) in [6.07, 6.45) is 1.76. The molecule has 0 aromatic heterocycles. The van der Waals surface area contributed by atoms with Crippen molar-refractivity contribution in [2.75, 3.05) is 6.54 Å². The van der Waals surface area contributed by atoms with E-state index in [2.05, 4.69) is 12.2 Å². The molecule has 0 spiro atoms. The molecule has 0 radical (unpaired) electrons. The molecule has 0 saturated carbocycles.